The van der Waals surface area contributed by atoms with Gasteiger partial charge in [0.15, 0.2) is 0 Å². The monoisotopic (exact) mass is 225 g/mol. The van der Waals surface area contributed by atoms with Gasteiger partial charge in [-0.25, -0.2) is 0 Å². The van der Waals surface area contributed by atoms with Crippen LogP contribution < -0.4 is 10.6 Å². The Morgan fingerprint density at radius 2 is 2.25 bits per heavy atom. The lowest BCUT2D eigenvalue weighted by Crippen LogP contribution is -2.35. The zero-order chi connectivity index (χ0) is 11.5. The summed E-state index contributed by atoms with van der Waals surface area (Å²) in [5.41, 5.74) is 0. The smallest absolute Gasteiger partial charge is 0.224 e. The Labute approximate surface area is 95.4 Å². The van der Waals surface area contributed by atoms with E-state index in [1.54, 1.807) is 0 Å². The highest BCUT2D eigenvalue weighted by atomic mass is 16.5. The molecule has 0 radical (unpaired) electrons. The number of ether oxygens (including phenoxy) is 1. The number of nitrogens with zero attached hydrogens (tertiary/aromatic N) is 3. The number of rotatable bonds is 4. The molecular weight excluding hydrogens is 206 g/mol. The molecule has 0 saturated carbocycles. The van der Waals surface area contributed by atoms with Gasteiger partial charge in [0.05, 0.1) is 19.1 Å². The summed E-state index contributed by atoms with van der Waals surface area (Å²) < 4.78 is 7.50. The van der Waals surface area contributed by atoms with Crippen LogP contribution in [0.25, 0.3) is 0 Å². The van der Waals surface area contributed by atoms with Crippen molar-refractivity contribution < 1.29 is 4.74 Å². The van der Waals surface area contributed by atoms with E-state index in [1.807, 2.05) is 18.7 Å². The fourth-order valence-corrected chi connectivity index (χ4v) is 2.15. The van der Waals surface area contributed by atoms with E-state index >= 15 is 0 Å². The minimum Gasteiger partial charge on any atom is -0.379 e. The normalized spacial score (nSPS) is 24.9. The molecule has 0 bridgehead atoms. The topological polar surface area (TPSA) is 64.0 Å². The molecule has 2 heterocycles. The van der Waals surface area contributed by atoms with Gasteiger partial charge in [0.2, 0.25) is 5.95 Å². The van der Waals surface area contributed by atoms with Crippen LogP contribution in [-0.4, -0.2) is 47.6 Å². The average Bonchev–Trinajstić information content (AvgIpc) is 2.85. The molecule has 1 aromatic heterocycles. The zero-order valence-corrected chi connectivity index (χ0v) is 10.0. The van der Waals surface area contributed by atoms with Gasteiger partial charge in [-0.05, 0) is 6.54 Å². The summed E-state index contributed by atoms with van der Waals surface area (Å²) in [6, 6.07) is 0.345. The molecule has 0 spiro atoms. The van der Waals surface area contributed by atoms with Crippen LogP contribution in [0.3, 0.4) is 0 Å². The minimum atomic E-state index is 0.291. The molecule has 6 heteroatoms. The molecule has 1 aliphatic heterocycles. The van der Waals surface area contributed by atoms with E-state index in [9.17, 15) is 0 Å². The van der Waals surface area contributed by atoms with Crippen LogP contribution in [0.1, 0.15) is 18.7 Å². The van der Waals surface area contributed by atoms with Crippen LogP contribution in [0.15, 0.2) is 0 Å². The Bertz CT molecular complexity index is 351. The van der Waals surface area contributed by atoms with Crippen LogP contribution in [0, 0.1) is 0 Å². The molecule has 16 heavy (non-hydrogen) atoms. The fourth-order valence-electron chi connectivity index (χ4n) is 2.15. The van der Waals surface area contributed by atoms with E-state index in [2.05, 4.69) is 27.8 Å². The molecule has 6 nitrogen and oxygen atoms in total. The average molecular weight is 225 g/mol. The van der Waals surface area contributed by atoms with Gasteiger partial charge in [0.25, 0.3) is 0 Å². The van der Waals surface area contributed by atoms with Crippen LogP contribution in [0.2, 0.25) is 0 Å². The van der Waals surface area contributed by atoms with Gasteiger partial charge < -0.3 is 19.9 Å². The van der Waals surface area contributed by atoms with Crippen LogP contribution in [0.4, 0.5) is 5.95 Å². The van der Waals surface area contributed by atoms with Crippen molar-refractivity contribution in [3.05, 3.63) is 5.82 Å². The first kappa shape index (κ1) is 11.3. The van der Waals surface area contributed by atoms with E-state index in [0.29, 0.717) is 18.6 Å². The molecule has 0 aromatic carbocycles. The first-order chi connectivity index (χ1) is 7.77. The molecule has 1 aliphatic rings. The van der Waals surface area contributed by atoms with Crippen molar-refractivity contribution in [3.8, 4) is 0 Å². The summed E-state index contributed by atoms with van der Waals surface area (Å²) in [6.07, 6.45) is 0. The van der Waals surface area contributed by atoms with E-state index in [0.717, 1.165) is 24.9 Å². The molecule has 1 fully saturated rings. The Morgan fingerprint density at radius 1 is 1.44 bits per heavy atom. The van der Waals surface area contributed by atoms with E-state index in [-0.39, 0.29) is 0 Å². The lowest BCUT2D eigenvalue weighted by molar-refractivity contribution is 0.187. The molecular formula is C10H19N5O. The molecule has 1 aromatic rings. The SMILES string of the molecule is CCNC1COCC1c1nnc(NC)n1C. The summed E-state index contributed by atoms with van der Waals surface area (Å²) in [6.45, 7) is 4.51. The fraction of sp³-hybridized carbons (Fsp3) is 0.800. The van der Waals surface area contributed by atoms with Gasteiger partial charge in [-0.1, -0.05) is 6.92 Å². The Kier molecular flexibility index (Phi) is 3.40. The predicted molar refractivity (Wildman–Crippen MR) is 61.6 cm³/mol. The predicted octanol–water partition coefficient (Wildman–Crippen LogP) is -0.0513. The van der Waals surface area contributed by atoms with E-state index in [4.69, 9.17) is 4.74 Å². The van der Waals surface area contributed by atoms with Crippen LogP contribution in [0.5, 0.6) is 0 Å². The maximum Gasteiger partial charge on any atom is 0.224 e. The standard InChI is InChI=1S/C10H19N5O/c1-4-12-8-6-16-5-7(8)9-13-14-10(11-2)15(9)3/h7-8,12H,4-6H2,1-3H3,(H,11,14). The number of hydrogen-bond acceptors (Lipinski definition) is 5. The van der Waals surface area contributed by atoms with Gasteiger partial charge in [-0.2, -0.15) is 0 Å². The van der Waals surface area contributed by atoms with Crippen molar-refractivity contribution in [2.75, 3.05) is 32.1 Å². The van der Waals surface area contributed by atoms with Crippen molar-refractivity contribution in [2.45, 2.75) is 18.9 Å². The minimum absolute atomic E-state index is 0.291. The summed E-state index contributed by atoms with van der Waals surface area (Å²) in [7, 11) is 3.82. The highest BCUT2D eigenvalue weighted by Crippen LogP contribution is 2.25. The molecule has 0 amide bonds. The van der Waals surface area contributed by atoms with Crippen molar-refractivity contribution in [2.24, 2.45) is 7.05 Å². The Balaban J connectivity index is 2.19. The highest BCUT2D eigenvalue weighted by molar-refractivity contribution is 5.25. The number of nitrogens with one attached hydrogen (secondary N) is 2. The van der Waals surface area contributed by atoms with Crippen molar-refractivity contribution >= 4 is 5.95 Å². The molecule has 2 rings (SSSR count). The third kappa shape index (κ3) is 1.90. The molecule has 1 saturated heterocycles. The molecule has 2 atom stereocenters. The largest absolute Gasteiger partial charge is 0.379 e. The van der Waals surface area contributed by atoms with E-state index < -0.39 is 0 Å². The lowest BCUT2D eigenvalue weighted by Gasteiger charge is -2.17. The van der Waals surface area contributed by atoms with Crippen molar-refractivity contribution in [3.63, 3.8) is 0 Å². The maximum atomic E-state index is 5.51. The van der Waals surface area contributed by atoms with Gasteiger partial charge in [0.1, 0.15) is 5.82 Å². The Morgan fingerprint density at radius 3 is 2.88 bits per heavy atom. The van der Waals surface area contributed by atoms with Gasteiger partial charge in [-0.15, -0.1) is 10.2 Å². The molecule has 90 valence electrons. The number of anilines is 1. The van der Waals surface area contributed by atoms with Crippen LogP contribution >= 0.6 is 0 Å². The summed E-state index contributed by atoms with van der Waals surface area (Å²) >= 11 is 0. The first-order valence-corrected chi connectivity index (χ1v) is 5.66. The highest BCUT2D eigenvalue weighted by Gasteiger charge is 2.32. The lowest BCUT2D eigenvalue weighted by atomic mass is 10.0. The summed E-state index contributed by atoms with van der Waals surface area (Å²) in [5.74, 6) is 2.06. The maximum absolute atomic E-state index is 5.51. The van der Waals surface area contributed by atoms with E-state index in [1.165, 1.54) is 0 Å². The number of hydrogen-bond donors (Lipinski definition) is 2. The van der Waals surface area contributed by atoms with Gasteiger partial charge in [-0.3, -0.25) is 0 Å². The second-order valence-corrected chi connectivity index (χ2v) is 4.00. The van der Waals surface area contributed by atoms with Crippen molar-refractivity contribution in [1.29, 1.82) is 0 Å². The first-order valence-electron chi connectivity index (χ1n) is 5.66. The second-order valence-electron chi connectivity index (χ2n) is 4.00. The number of aromatic nitrogens is 3. The Hall–Kier alpha value is -1.14. The third-order valence-electron chi connectivity index (χ3n) is 3.01. The van der Waals surface area contributed by atoms with Crippen molar-refractivity contribution in [1.82, 2.24) is 20.1 Å². The van der Waals surface area contributed by atoms with Gasteiger partial charge in [0, 0.05) is 20.1 Å². The number of likely N-dealkylation sites (N-methyl/N-ethyl adjacent to an activating group) is 1. The summed E-state index contributed by atoms with van der Waals surface area (Å²) in [5, 5.41) is 14.8. The second kappa shape index (κ2) is 4.80. The van der Waals surface area contributed by atoms with Crippen LogP contribution in [-0.2, 0) is 11.8 Å². The molecule has 2 unspecified atom stereocenters. The summed E-state index contributed by atoms with van der Waals surface area (Å²) in [4.78, 5) is 0. The van der Waals surface area contributed by atoms with Gasteiger partial charge >= 0.3 is 0 Å². The zero-order valence-electron chi connectivity index (χ0n) is 10.0. The third-order valence-corrected chi connectivity index (χ3v) is 3.01. The molecule has 2 N–H and O–H groups in total. The molecule has 0 aliphatic carbocycles. The quantitative estimate of drug-likeness (QED) is 0.752.